The fourth-order valence-corrected chi connectivity index (χ4v) is 4.81. The Morgan fingerprint density at radius 1 is 1.31 bits per heavy atom. The number of hydrogen-bond donors (Lipinski definition) is 3. The average Bonchev–Trinajstić information content (AvgIpc) is 2.97. The first kappa shape index (κ1) is 18.6. The van der Waals surface area contributed by atoms with Crippen molar-refractivity contribution in [2.45, 2.75) is 39.2 Å². The molecular formula is C20H25N3O2S. The van der Waals surface area contributed by atoms with Crippen LogP contribution in [0.25, 0.3) is 0 Å². The Morgan fingerprint density at radius 2 is 2.04 bits per heavy atom. The lowest BCUT2D eigenvalue weighted by molar-refractivity contribution is -0.115. The number of rotatable bonds is 6. The lowest BCUT2D eigenvalue weighted by Gasteiger charge is -2.18. The molecule has 2 aromatic rings. The van der Waals surface area contributed by atoms with Crippen LogP contribution < -0.4 is 16.4 Å². The molecule has 2 amide bonds. The summed E-state index contributed by atoms with van der Waals surface area (Å²) in [5.74, 6) is -0.0290. The number of hydrogen-bond acceptors (Lipinski definition) is 4. The van der Waals surface area contributed by atoms with E-state index in [1.807, 2.05) is 37.3 Å². The SMILES string of the molecule is CC1CCc2c(sc(NC(=O)CNC(C)c3ccccc3)c2C(N)=O)C1. The Balaban J connectivity index is 1.67. The average molecular weight is 372 g/mol. The Morgan fingerprint density at radius 3 is 2.73 bits per heavy atom. The van der Waals surface area contributed by atoms with Gasteiger partial charge >= 0.3 is 0 Å². The van der Waals surface area contributed by atoms with Crippen molar-refractivity contribution in [2.75, 3.05) is 11.9 Å². The Hall–Kier alpha value is -2.18. The van der Waals surface area contributed by atoms with Crippen LogP contribution >= 0.6 is 11.3 Å². The van der Waals surface area contributed by atoms with Gasteiger partial charge in [0.05, 0.1) is 12.1 Å². The molecule has 0 radical (unpaired) electrons. The van der Waals surface area contributed by atoms with Gasteiger partial charge in [0, 0.05) is 10.9 Å². The third-order valence-corrected chi connectivity index (χ3v) is 6.05. The van der Waals surface area contributed by atoms with Crippen LogP contribution in [0.15, 0.2) is 30.3 Å². The van der Waals surface area contributed by atoms with Crippen LogP contribution in [0, 0.1) is 5.92 Å². The fourth-order valence-electron chi connectivity index (χ4n) is 3.38. The highest BCUT2D eigenvalue weighted by Gasteiger charge is 2.27. The van der Waals surface area contributed by atoms with Gasteiger partial charge < -0.3 is 16.4 Å². The van der Waals surface area contributed by atoms with Gasteiger partial charge in [-0.1, -0.05) is 37.3 Å². The lowest BCUT2D eigenvalue weighted by atomic mass is 9.88. The minimum absolute atomic E-state index is 0.0648. The maximum atomic E-state index is 12.4. The molecule has 4 N–H and O–H groups in total. The van der Waals surface area contributed by atoms with Crippen molar-refractivity contribution in [2.24, 2.45) is 11.7 Å². The van der Waals surface area contributed by atoms with E-state index in [0.29, 0.717) is 16.5 Å². The van der Waals surface area contributed by atoms with Crippen molar-refractivity contribution in [3.8, 4) is 0 Å². The van der Waals surface area contributed by atoms with Gasteiger partial charge in [-0.25, -0.2) is 0 Å². The van der Waals surface area contributed by atoms with E-state index in [0.717, 1.165) is 30.4 Å². The number of carbonyl (C=O) groups excluding carboxylic acids is 2. The quantitative estimate of drug-likeness (QED) is 0.729. The van der Waals surface area contributed by atoms with E-state index in [4.69, 9.17) is 5.73 Å². The molecule has 6 heteroatoms. The first-order valence-corrected chi connectivity index (χ1v) is 9.80. The van der Waals surface area contributed by atoms with Crippen LogP contribution in [0.2, 0.25) is 0 Å². The van der Waals surface area contributed by atoms with Gasteiger partial charge in [-0.15, -0.1) is 11.3 Å². The smallest absolute Gasteiger partial charge is 0.251 e. The highest BCUT2D eigenvalue weighted by Crippen LogP contribution is 2.39. The number of anilines is 1. The number of nitrogens with one attached hydrogen (secondary N) is 2. The summed E-state index contributed by atoms with van der Waals surface area (Å²) in [5.41, 5.74) is 8.25. The van der Waals surface area contributed by atoms with Crippen LogP contribution in [-0.2, 0) is 17.6 Å². The normalized spacial score (nSPS) is 17.4. The molecular weight excluding hydrogens is 346 g/mol. The minimum Gasteiger partial charge on any atom is -0.365 e. The highest BCUT2D eigenvalue weighted by molar-refractivity contribution is 7.17. The van der Waals surface area contributed by atoms with E-state index in [9.17, 15) is 9.59 Å². The van der Waals surface area contributed by atoms with E-state index in [2.05, 4.69) is 17.6 Å². The first-order valence-electron chi connectivity index (χ1n) is 8.98. The van der Waals surface area contributed by atoms with E-state index in [1.165, 1.54) is 16.2 Å². The van der Waals surface area contributed by atoms with Gasteiger partial charge in [0.2, 0.25) is 5.91 Å². The Kier molecular flexibility index (Phi) is 5.74. The summed E-state index contributed by atoms with van der Waals surface area (Å²) in [6.45, 7) is 4.40. The molecule has 0 spiro atoms. The molecule has 0 fully saturated rings. The molecule has 1 aliphatic carbocycles. The molecule has 0 bridgehead atoms. The Labute approximate surface area is 158 Å². The predicted molar refractivity (Wildman–Crippen MR) is 106 cm³/mol. The molecule has 5 nitrogen and oxygen atoms in total. The molecule has 138 valence electrons. The summed E-state index contributed by atoms with van der Waals surface area (Å²) in [6, 6.07) is 10.0. The summed E-state index contributed by atoms with van der Waals surface area (Å²) in [6.07, 6.45) is 2.84. The predicted octanol–water partition coefficient (Wildman–Crippen LogP) is 3.26. The van der Waals surface area contributed by atoms with Crippen LogP contribution in [0.4, 0.5) is 5.00 Å². The van der Waals surface area contributed by atoms with Gasteiger partial charge in [-0.2, -0.15) is 0 Å². The number of fused-ring (bicyclic) bond motifs is 1. The first-order chi connectivity index (χ1) is 12.5. The van der Waals surface area contributed by atoms with Gasteiger partial charge in [0.1, 0.15) is 5.00 Å². The zero-order chi connectivity index (χ0) is 18.7. The zero-order valence-corrected chi connectivity index (χ0v) is 16.0. The standard InChI is InChI=1S/C20H25N3O2S/c1-12-8-9-15-16(10-12)26-20(18(15)19(21)25)23-17(24)11-22-13(2)14-6-4-3-5-7-14/h3-7,12-13,22H,8-11H2,1-2H3,(H2,21,25)(H,23,24). The van der Waals surface area contributed by atoms with Crippen molar-refractivity contribution in [3.05, 3.63) is 51.9 Å². The number of benzene rings is 1. The fraction of sp³-hybridized carbons (Fsp3) is 0.400. The van der Waals surface area contributed by atoms with Crippen LogP contribution in [0.1, 0.15) is 52.7 Å². The molecule has 1 aromatic heterocycles. The third kappa shape index (κ3) is 4.14. The maximum Gasteiger partial charge on any atom is 0.251 e. The molecule has 0 saturated carbocycles. The van der Waals surface area contributed by atoms with E-state index >= 15 is 0 Å². The van der Waals surface area contributed by atoms with Gasteiger partial charge in [0.25, 0.3) is 5.91 Å². The minimum atomic E-state index is -0.460. The van der Waals surface area contributed by atoms with Crippen molar-refractivity contribution >= 4 is 28.2 Å². The van der Waals surface area contributed by atoms with Crippen molar-refractivity contribution in [1.29, 1.82) is 0 Å². The Bertz CT molecular complexity index is 801. The summed E-state index contributed by atoms with van der Waals surface area (Å²) < 4.78 is 0. The van der Waals surface area contributed by atoms with Gasteiger partial charge in [0.15, 0.2) is 0 Å². The molecule has 3 rings (SSSR count). The van der Waals surface area contributed by atoms with Crippen molar-refractivity contribution < 1.29 is 9.59 Å². The van der Waals surface area contributed by atoms with E-state index in [1.54, 1.807) is 0 Å². The number of carbonyl (C=O) groups is 2. The van der Waals surface area contributed by atoms with Crippen molar-refractivity contribution in [1.82, 2.24) is 5.32 Å². The topological polar surface area (TPSA) is 84.2 Å². The van der Waals surface area contributed by atoms with Crippen LogP contribution in [0.5, 0.6) is 0 Å². The molecule has 0 aliphatic heterocycles. The molecule has 2 unspecified atom stereocenters. The molecule has 1 heterocycles. The highest BCUT2D eigenvalue weighted by atomic mass is 32.1. The second-order valence-electron chi connectivity index (χ2n) is 6.98. The number of primary amides is 1. The number of thiophene rings is 1. The summed E-state index contributed by atoms with van der Waals surface area (Å²) in [7, 11) is 0. The number of nitrogens with two attached hydrogens (primary N) is 1. The van der Waals surface area contributed by atoms with Gasteiger partial charge in [-0.05, 0) is 43.2 Å². The van der Waals surface area contributed by atoms with Crippen LogP contribution in [0.3, 0.4) is 0 Å². The second kappa shape index (κ2) is 8.01. The molecule has 1 aliphatic rings. The third-order valence-electron chi connectivity index (χ3n) is 4.88. The summed E-state index contributed by atoms with van der Waals surface area (Å²) >= 11 is 1.49. The largest absolute Gasteiger partial charge is 0.365 e. The second-order valence-corrected chi connectivity index (χ2v) is 8.09. The lowest BCUT2D eigenvalue weighted by Crippen LogP contribution is -2.30. The molecule has 0 saturated heterocycles. The van der Waals surface area contributed by atoms with Gasteiger partial charge in [-0.3, -0.25) is 9.59 Å². The van der Waals surface area contributed by atoms with E-state index in [-0.39, 0.29) is 18.5 Å². The zero-order valence-electron chi connectivity index (χ0n) is 15.2. The van der Waals surface area contributed by atoms with Crippen molar-refractivity contribution in [3.63, 3.8) is 0 Å². The number of amides is 2. The molecule has 26 heavy (non-hydrogen) atoms. The monoisotopic (exact) mass is 371 g/mol. The summed E-state index contributed by atoms with van der Waals surface area (Å²) in [4.78, 5) is 25.5. The van der Waals surface area contributed by atoms with E-state index < -0.39 is 5.91 Å². The van der Waals surface area contributed by atoms with Crippen LogP contribution in [-0.4, -0.2) is 18.4 Å². The summed E-state index contributed by atoms with van der Waals surface area (Å²) in [5, 5.41) is 6.69. The molecule has 1 aromatic carbocycles. The maximum absolute atomic E-state index is 12.4. The molecule has 2 atom stereocenters.